The predicted molar refractivity (Wildman–Crippen MR) is 106 cm³/mol. The first-order chi connectivity index (χ1) is 13.2. The summed E-state index contributed by atoms with van der Waals surface area (Å²) in [5, 5.41) is 6.54. The molecule has 2 heterocycles. The molecule has 1 amide bonds. The van der Waals surface area contributed by atoms with Crippen molar-refractivity contribution < 1.29 is 9.53 Å². The number of rotatable bonds is 5. The van der Waals surface area contributed by atoms with Crippen molar-refractivity contribution in [3.63, 3.8) is 0 Å². The summed E-state index contributed by atoms with van der Waals surface area (Å²) in [7, 11) is 0. The van der Waals surface area contributed by atoms with Crippen molar-refractivity contribution in [2.75, 3.05) is 11.9 Å². The molecule has 1 saturated carbocycles. The van der Waals surface area contributed by atoms with Crippen molar-refractivity contribution in [2.45, 2.75) is 56.7 Å². The Labute approximate surface area is 160 Å². The average molecular weight is 365 g/mol. The lowest BCUT2D eigenvalue weighted by atomic mass is 9.89. The van der Waals surface area contributed by atoms with Gasteiger partial charge in [0.25, 0.3) is 5.91 Å². The van der Waals surface area contributed by atoms with Crippen molar-refractivity contribution in [3.05, 3.63) is 59.9 Å². The van der Waals surface area contributed by atoms with Gasteiger partial charge in [-0.15, -0.1) is 0 Å². The predicted octanol–water partition coefficient (Wildman–Crippen LogP) is 3.92. The summed E-state index contributed by atoms with van der Waals surface area (Å²) in [6.45, 7) is 1.31. The molecule has 5 heteroatoms. The largest absolute Gasteiger partial charge is 0.382 e. The van der Waals surface area contributed by atoms with Crippen LogP contribution in [0.2, 0.25) is 0 Å². The fraction of sp³-hybridized carbons (Fsp3) is 0.455. The van der Waals surface area contributed by atoms with E-state index in [4.69, 9.17) is 4.74 Å². The van der Waals surface area contributed by atoms with Gasteiger partial charge in [-0.05, 0) is 43.4 Å². The van der Waals surface area contributed by atoms with Gasteiger partial charge in [0.05, 0.1) is 5.60 Å². The van der Waals surface area contributed by atoms with Crippen molar-refractivity contribution in [1.29, 1.82) is 0 Å². The number of anilines is 1. The smallest absolute Gasteiger partial charge is 0.270 e. The Kier molecular flexibility index (Phi) is 5.39. The first-order valence-electron chi connectivity index (χ1n) is 9.91. The van der Waals surface area contributed by atoms with Gasteiger partial charge >= 0.3 is 0 Å². The van der Waals surface area contributed by atoms with Gasteiger partial charge in [-0.3, -0.25) is 9.78 Å². The molecule has 2 fully saturated rings. The molecule has 1 unspecified atom stereocenters. The fourth-order valence-corrected chi connectivity index (χ4v) is 4.27. The number of nitrogens with one attached hydrogen (secondary N) is 2. The van der Waals surface area contributed by atoms with Crippen LogP contribution in [0.3, 0.4) is 0 Å². The Morgan fingerprint density at radius 3 is 2.81 bits per heavy atom. The number of pyridine rings is 1. The van der Waals surface area contributed by atoms with Crippen LogP contribution in [0.4, 0.5) is 5.69 Å². The molecular weight excluding hydrogens is 338 g/mol. The van der Waals surface area contributed by atoms with Crippen LogP contribution in [0.5, 0.6) is 0 Å². The highest BCUT2D eigenvalue weighted by Gasteiger charge is 2.39. The maximum Gasteiger partial charge on any atom is 0.270 e. The van der Waals surface area contributed by atoms with E-state index in [-0.39, 0.29) is 11.5 Å². The molecule has 4 rings (SSSR count). The van der Waals surface area contributed by atoms with Gasteiger partial charge in [-0.2, -0.15) is 0 Å². The number of amides is 1. The molecule has 0 radical (unpaired) electrons. The van der Waals surface area contributed by atoms with E-state index in [2.05, 4.69) is 15.6 Å². The highest BCUT2D eigenvalue weighted by Crippen LogP contribution is 2.40. The standard InChI is InChI=1S/C22H27N3O2/c26-21(24-16-17-6-2-1-3-7-17)20-14-18(8-12-23-20)25-19-9-13-27-22(15-19)10-4-5-11-22/h1-3,6-8,12,14,19H,4-5,9-11,13,15-16H2,(H,23,25)(H,24,26). The lowest BCUT2D eigenvalue weighted by molar-refractivity contribution is -0.0767. The molecule has 2 aromatic rings. The van der Waals surface area contributed by atoms with Gasteiger partial charge in [-0.25, -0.2) is 0 Å². The van der Waals surface area contributed by atoms with Crippen LogP contribution >= 0.6 is 0 Å². The van der Waals surface area contributed by atoms with Gasteiger partial charge in [0.2, 0.25) is 0 Å². The summed E-state index contributed by atoms with van der Waals surface area (Å²) in [4.78, 5) is 16.7. The SMILES string of the molecule is O=C(NCc1ccccc1)c1cc(NC2CCOC3(CCCC3)C2)ccn1. The minimum atomic E-state index is -0.151. The maximum atomic E-state index is 12.4. The zero-order valence-electron chi connectivity index (χ0n) is 15.6. The molecule has 5 nitrogen and oxygen atoms in total. The van der Waals surface area contributed by atoms with E-state index in [1.165, 1.54) is 25.7 Å². The number of aromatic nitrogens is 1. The first-order valence-corrected chi connectivity index (χ1v) is 9.91. The summed E-state index contributed by atoms with van der Waals surface area (Å²) in [6.07, 6.45) is 8.64. The van der Waals surface area contributed by atoms with E-state index >= 15 is 0 Å². The third-order valence-corrected chi connectivity index (χ3v) is 5.67. The van der Waals surface area contributed by atoms with Crippen LogP contribution in [0.15, 0.2) is 48.7 Å². The Morgan fingerprint density at radius 2 is 2.00 bits per heavy atom. The highest BCUT2D eigenvalue weighted by atomic mass is 16.5. The molecule has 1 aromatic heterocycles. The molecule has 142 valence electrons. The van der Waals surface area contributed by atoms with Crippen LogP contribution in [-0.4, -0.2) is 29.1 Å². The number of benzene rings is 1. The van der Waals surface area contributed by atoms with E-state index in [0.717, 1.165) is 30.7 Å². The van der Waals surface area contributed by atoms with Crippen molar-refractivity contribution in [2.24, 2.45) is 0 Å². The van der Waals surface area contributed by atoms with Gasteiger partial charge in [0.1, 0.15) is 5.69 Å². The van der Waals surface area contributed by atoms with E-state index in [1.807, 2.05) is 42.5 Å². The monoisotopic (exact) mass is 365 g/mol. The van der Waals surface area contributed by atoms with Crippen LogP contribution in [0.1, 0.15) is 54.6 Å². The Morgan fingerprint density at radius 1 is 1.19 bits per heavy atom. The zero-order chi connectivity index (χ0) is 18.5. The highest BCUT2D eigenvalue weighted by molar-refractivity contribution is 5.93. The molecule has 1 aliphatic heterocycles. The molecule has 1 aromatic carbocycles. The van der Waals surface area contributed by atoms with Crippen molar-refractivity contribution in [3.8, 4) is 0 Å². The Balaban J connectivity index is 1.36. The zero-order valence-corrected chi connectivity index (χ0v) is 15.6. The Hall–Kier alpha value is -2.40. The third kappa shape index (κ3) is 4.48. The number of hydrogen-bond donors (Lipinski definition) is 2. The van der Waals surface area contributed by atoms with Gasteiger partial charge in [0.15, 0.2) is 0 Å². The van der Waals surface area contributed by atoms with Crippen molar-refractivity contribution >= 4 is 11.6 Å². The van der Waals surface area contributed by atoms with Gasteiger partial charge in [-0.1, -0.05) is 43.2 Å². The average Bonchev–Trinajstić information content (AvgIpc) is 3.14. The van der Waals surface area contributed by atoms with Gasteiger partial charge in [0, 0.05) is 31.1 Å². The maximum absolute atomic E-state index is 12.4. The second-order valence-corrected chi connectivity index (χ2v) is 7.67. The second-order valence-electron chi connectivity index (χ2n) is 7.67. The lowest BCUT2D eigenvalue weighted by Crippen LogP contribution is -2.42. The molecule has 1 aliphatic carbocycles. The van der Waals surface area contributed by atoms with E-state index in [9.17, 15) is 4.79 Å². The summed E-state index contributed by atoms with van der Waals surface area (Å²) in [5.41, 5.74) is 2.55. The molecule has 2 N–H and O–H groups in total. The molecular formula is C22H27N3O2. The van der Waals surface area contributed by atoms with E-state index in [1.54, 1.807) is 6.20 Å². The first kappa shape index (κ1) is 18.0. The quantitative estimate of drug-likeness (QED) is 0.843. The minimum Gasteiger partial charge on any atom is -0.382 e. The summed E-state index contributed by atoms with van der Waals surface area (Å²) < 4.78 is 6.11. The number of nitrogens with zero attached hydrogens (tertiary/aromatic N) is 1. The third-order valence-electron chi connectivity index (χ3n) is 5.67. The normalized spacial score (nSPS) is 21.1. The van der Waals surface area contributed by atoms with Crippen molar-refractivity contribution in [1.82, 2.24) is 10.3 Å². The minimum absolute atomic E-state index is 0.0822. The number of ether oxygens (including phenoxy) is 1. The molecule has 1 saturated heterocycles. The number of carbonyl (C=O) groups excluding carboxylic acids is 1. The topological polar surface area (TPSA) is 63.2 Å². The summed E-state index contributed by atoms with van der Waals surface area (Å²) >= 11 is 0. The van der Waals surface area contributed by atoms with Crippen LogP contribution in [-0.2, 0) is 11.3 Å². The molecule has 1 atom stereocenters. The van der Waals surface area contributed by atoms with Crippen LogP contribution in [0.25, 0.3) is 0 Å². The second kappa shape index (κ2) is 8.09. The molecule has 27 heavy (non-hydrogen) atoms. The van der Waals surface area contributed by atoms with E-state index < -0.39 is 0 Å². The van der Waals surface area contributed by atoms with E-state index in [0.29, 0.717) is 18.3 Å². The Bertz CT molecular complexity index is 772. The summed E-state index contributed by atoms with van der Waals surface area (Å²) in [6, 6.07) is 14.1. The number of hydrogen-bond acceptors (Lipinski definition) is 4. The molecule has 0 bridgehead atoms. The van der Waals surface area contributed by atoms with Crippen LogP contribution < -0.4 is 10.6 Å². The van der Waals surface area contributed by atoms with Gasteiger partial charge < -0.3 is 15.4 Å². The molecule has 1 spiro atoms. The molecule has 2 aliphatic rings. The summed E-state index contributed by atoms with van der Waals surface area (Å²) in [5.74, 6) is -0.151. The fourth-order valence-electron chi connectivity index (χ4n) is 4.27. The lowest BCUT2D eigenvalue weighted by Gasteiger charge is -2.39. The number of carbonyl (C=O) groups is 1. The van der Waals surface area contributed by atoms with Crippen LogP contribution in [0, 0.1) is 0 Å².